The summed E-state index contributed by atoms with van der Waals surface area (Å²) in [6.07, 6.45) is 11.6. The average molecular weight is 236 g/mol. The van der Waals surface area contributed by atoms with Crippen LogP contribution in [0.15, 0.2) is 0 Å². The normalized spacial score (nSPS) is 46.6. The minimum atomic E-state index is 0.601. The molecule has 0 aromatic heterocycles. The van der Waals surface area contributed by atoms with E-state index in [-0.39, 0.29) is 0 Å². The summed E-state index contributed by atoms with van der Waals surface area (Å²) in [6, 6.07) is 0.601. The molecule has 0 aliphatic heterocycles. The van der Waals surface area contributed by atoms with Gasteiger partial charge in [-0.1, -0.05) is 19.8 Å². The SMILES string of the molecule is CC1CCC(C(CC2CC3CCC2C3)NN)C1. The Balaban J connectivity index is 1.55. The van der Waals surface area contributed by atoms with E-state index in [1.54, 1.807) is 0 Å². The summed E-state index contributed by atoms with van der Waals surface area (Å²) in [6.45, 7) is 2.39. The fourth-order valence-corrected chi connectivity index (χ4v) is 5.00. The Hall–Kier alpha value is -0.0800. The fraction of sp³-hybridized carbons (Fsp3) is 1.00. The van der Waals surface area contributed by atoms with Gasteiger partial charge in [0.05, 0.1) is 0 Å². The lowest BCUT2D eigenvalue weighted by Crippen LogP contribution is -2.42. The average Bonchev–Trinajstić information content (AvgIpc) is 3.01. The van der Waals surface area contributed by atoms with Crippen LogP contribution >= 0.6 is 0 Å². The smallest absolute Gasteiger partial charge is 0.0241 e. The summed E-state index contributed by atoms with van der Waals surface area (Å²) in [5.41, 5.74) is 3.15. The molecule has 6 atom stereocenters. The van der Waals surface area contributed by atoms with Crippen LogP contribution in [0.2, 0.25) is 0 Å². The molecule has 3 fully saturated rings. The van der Waals surface area contributed by atoms with Gasteiger partial charge in [0.15, 0.2) is 0 Å². The fourth-order valence-electron chi connectivity index (χ4n) is 5.00. The van der Waals surface area contributed by atoms with E-state index in [1.165, 1.54) is 51.4 Å². The molecule has 0 aromatic carbocycles. The quantitative estimate of drug-likeness (QED) is 0.581. The highest BCUT2D eigenvalue weighted by molar-refractivity contribution is 4.93. The Kier molecular flexibility index (Phi) is 3.45. The predicted octanol–water partition coefficient (Wildman–Crippen LogP) is 3.08. The van der Waals surface area contributed by atoms with Gasteiger partial charge in [0.25, 0.3) is 0 Å². The van der Waals surface area contributed by atoms with Crippen molar-refractivity contribution in [3.05, 3.63) is 0 Å². The Bertz CT molecular complexity index is 266. The van der Waals surface area contributed by atoms with Crippen molar-refractivity contribution in [2.75, 3.05) is 0 Å². The molecule has 2 heteroatoms. The van der Waals surface area contributed by atoms with Crippen molar-refractivity contribution in [3.63, 3.8) is 0 Å². The maximum atomic E-state index is 5.82. The second kappa shape index (κ2) is 4.89. The summed E-state index contributed by atoms with van der Waals surface area (Å²) >= 11 is 0. The van der Waals surface area contributed by atoms with Crippen molar-refractivity contribution >= 4 is 0 Å². The second-order valence-electron chi connectivity index (χ2n) is 7.12. The highest BCUT2D eigenvalue weighted by Gasteiger charge is 2.41. The summed E-state index contributed by atoms with van der Waals surface area (Å²) in [7, 11) is 0. The monoisotopic (exact) mass is 236 g/mol. The van der Waals surface area contributed by atoms with E-state index in [2.05, 4.69) is 12.3 Å². The maximum absolute atomic E-state index is 5.82. The molecule has 2 nitrogen and oxygen atoms in total. The van der Waals surface area contributed by atoms with E-state index in [0.29, 0.717) is 6.04 Å². The van der Waals surface area contributed by atoms with E-state index in [9.17, 15) is 0 Å². The van der Waals surface area contributed by atoms with E-state index >= 15 is 0 Å². The minimum Gasteiger partial charge on any atom is -0.271 e. The molecule has 0 heterocycles. The molecule has 6 unspecified atom stereocenters. The van der Waals surface area contributed by atoms with Crippen molar-refractivity contribution < 1.29 is 0 Å². The van der Waals surface area contributed by atoms with Crippen molar-refractivity contribution in [2.45, 2.75) is 64.3 Å². The molecule has 0 spiro atoms. The molecule has 98 valence electrons. The highest BCUT2D eigenvalue weighted by atomic mass is 15.2. The molecule has 3 saturated carbocycles. The molecular weight excluding hydrogens is 208 g/mol. The lowest BCUT2D eigenvalue weighted by atomic mass is 9.81. The van der Waals surface area contributed by atoms with Crippen molar-refractivity contribution in [1.82, 2.24) is 5.43 Å². The van der Waals surface area contributed by atoms with Crippen LogP contribution in [0, 0.1) is 29.6 Å². The van der Waals surface area contributed by atoms with Gasteiger partial charge >= 0.3 is 0 Å². The van der Waals surface area contributed by atoms with Gasteiger partial charge in [-0.2, -0.15) is 0 Å². The molecule has 0 amide bonds. The zero-order chi connectivity index (χ0) is 11.8. The van der Waals surface area contributed by atoms with E-state index in [0.717, 1.165) is 29.6 Å². The summed E-state index contributed by atoms with van der Waals surface area (Å²) in [5, 5.41) is 0. The van der Waals surface area contributed by atoms with Gasteiger partial charge in [-0.25, -0.2) is 0 Å². The summed E-state index contributed by atoms with van der Waals surface area (Å²) in [5.74, 6) is 10.7. The van der Waals surface area contributed by atoms with Crippen molar-refractivity contribution in [2.24, 2.45) is 35.4 Å². The number of fused-ring (bicyclic) bond motifs is 2. The third kappa shape index (κ3) is 2.39. The van der Waals surface area contributed by atoms with Crippen LogP contribution in [0.4, 0.5) is 0 Å². The molecule has 3 rings (SSSR count). The number of hydrogen-bond acceptors (Lipinski definition) is 2. The van der Waals surface area contributed by atoms with Gasteiger partial charge in [-0.05, 0) is 68.1 Å². The Labute approximate surface area is 106 Å². The first-order valence-corrected chi connectivity index (χ1v) is 7.72. The number of rotatable bonds is 4. The third-order valence-electron chi connectivity index (χ3n) is 5.96. The summed E-state index contributed by atoms with van der Waals surface area (Å²) < 4.78 is 0. The zero-order valence-corrected chi connectivity index (χ0v) is 11.2. The first-order valence-electron chi connectivity index (χ1n) is 7.72. The van der Waals surface area contributed by atoms with E-state index in [1.807, 2.05) is 0 Å². The molecule has 2 bridgehead atoms. The lowest BCUT2D eigenvalue weighted by Gasteiger charge is -2.29. The van der Waals surface area contributed by atoms with Crippen LogP contribution in [-0.2, 0) is 0 Å². The van der Waals surface area contributed by atoms with Crippen LogP contribution in [0.5, 0.6) is 0 Å². The van der Waals surface area contributed by atoms with Gasteiger partial charge in [-0.3, -0.25) is 11.3 Å². The molecule has 0 aromatic rings. The molecule has 3 aliphatic rings. The van der Waals surface area contributed by atoms with Gasteiger partial charge in [0.1, 0.15) is 0 Å². The first-order chi connectivity index (χ1) is 8.26. The van der Waals surface area contributed by atoms with Gasteiger partial charge in [-0.15, -0.1) is 0 Å². The number of hydrazine groups is 1. The maximum Gasteiger partial charge on any atom is 0.0241 e. The second-order valence-corrected chi connectivity index (χ2v) is 7.12. The molecule has 17 heavy (non-hydrogen) atoms. The number of nitrogens with two attached hydrogens (primary N) is 1. The topological polar surface area (TPSA) is 38.0 Å². The standard InChI is InChI=1S/C15H28N2/c1-10-2-4-13(6-10)15(17-16)9-14-8-11-3-5-12(14)7-11/h10-15,17H,2-9,16H2,1H3. The zero-order valence-electron chi connectivity index (χ0n) is 11.2. The molecule has 3 N–H and O–H groups in total. The molecule has 0 saturated heterocycles. The highest BCUT2D eigenvalue weighted by Crippen LogP contribution is 2.50. The third-order valence-corrected chi connectivity index (χ3v) is 5.96. The summed E-state index contributed by atoms with van der Waals surface area (Å²) in [4.78, 5) is 0. The Morgan fingerprint density at radius 3 is 2.53 bits per heavy atom. The Morgan fingerprint density at radius 2 is 2.00 bits per heavy atom. The van der Waals surface area contributed by atoms with Crippen LogP contribution < -0.4 is 11.3 Å². The molecule has 3 aliphatic carbocycles. The van der Waals surface area contributed by atoms with Gasteiger partial charge in [0, 0.05) is 6.04 Å². The number of hydrogen-bond donors (Lipinski definition) is 2. The largest absolute Gasteiger partial charge is 0.271 e. The van der Waals surface area contributed by atoms with Gasteiger partial charge in [0.2, 0.25) is 0 Å². The Morgan fingerprint density at radius 1 is 1.12 bits per heavy atom. The lowest BCUT2D eigenvalue weighted by molar-refractivity contribution is 0.236. The van der Waals surface area contributed by atoms with Crippen molar-refractivity contribution in [3.8, 4) is 0 Å². The van der Waals surface area contributed by atoms with Gasteiger partial charge < -0.3 is 0 Å². The van der Waals surface area contributed by atoms with Crippen LogP contribution in [0.3, 0.4) is 0 Å². The van der Waals surface area contributed by atoms with Crippen LogP contribution in [0.1, 0.15) is 58.3 Å². The minimum absolute atomic E-state index is 0.601. The van der Waals surface area contributed by atoms with Crippen LogP contribution in [0.25, 0.3) is 0 Å². The number of nitrogens with one attached hydrogen (secondary N) is 1. The van der Waals surface area contributed by atoms with E-state index in [4.69, 9.17) is 5.84 Å². The first kappa shape index (κ1) is 12.0. The molecule has 0 radical (unpaired) electrons. The van der Waals surface area contributed by atoms with Crippen LogP contribution in [-0.4, -0.2) is 6.04 Å². The molecular formula is C15H28N2. The van der Waals surface area contributed by atoms with E-state index < -0.39 is 0 Å². The van der Waals surface area contributed by atoms with Crippen molar-refractivity contribution in [1.29, 1.82) is 0 Å². The predicted molar refractivity (Wildman–Crippen MR) is 71.2 cm³/mol.